The molecule has 0 aromatic rings. The molecule has 0 spiro atoms. The summed E-state index contributed by atoms with van der Waals surface area (Å²) < 4.78 is 5.26. The van der Waals surface area contributed by atoms with Gasteiger partial charge in [0, 0.05) is 12.2 Å². The third kappa shape index (κ3) is 6.72. The number of carbonyl (C=O) groups is 2. The molecule has 1 aliphatic heterocycles. The Kier molecular flexibility index (Phi) is 9.55. The summed E-state index contributed by atoms with van der Waals surface area (Å²) >= 11 is 1.64. The topological polar surface area (TPSA) is 46.6 Å². The number of amides is 1. The Bertz CT molecular complexity index is 323. The van der Waals surface area contributed by atoms with Gasteiger partial charge in [0.1, 0.15) is 6.04 Å². The number of hydrogen-bond donors (Lipinski definition) is 0. The average Bonchev–Trinajstić information content (AvgIpc) is 2.96. The number of rotatable bonds is 10. The molecular weight excluding hydrogens is 286 g/mol. The average molecular weight is 315 g/mol. The Balaban J connectivity index is 2.30. The van der Waals surface area contributed by atoms with Crippen molar-refractivity contribution in [3.63, 3.8) is 0 Å². The van der Waals surface area contributed by atoms with Gasteiger partial charge in [-0.1, -0.05) is 46.0 Å². The highest BCUT2D eigenvalue weighted by Crippen LogP contribution is 2.23. The monoisotopic (exact) mass is 315 g/mol. The van der Waals surface area contributed by atoms with Crippen LogP contribution in [0, 0.1) is 0 Å². The number of esters is 1. The van der Waals surface area contributed by atoms with Crippen molar-refractivity contribution in [3.8, 4) is 0 Å². The second kappa shape index (κ2) is 10.9. The maximum atomic E-state index is 12.2. The number of hydrogen-bond acceptors (Lipinski definition) is 4. The molecule has 21 heavy (non-hydrogen) atoms. The van der Waals surface area contributed by atoms with Crippen LogP contribution in [0.4, 0.5) is 0 Å². The lowest BCUT2D eigenvalue weighted by Gasteiger charge is -2.22. The fraction of sp³-hybridized carbons (Fsp3) is 0.875. The lowest BCUT2D eigenvalue weighted by Crippen LogP contribution is -2.42. The maximum absolute atomic E-state index is 12.2. The van der Waals surface area contributed by atoms with E-state index in [2.05, 4.69) is 13.8 Å². The predicted molar refractivity (Wildman–Crippen MR) is 87.2 cm³/mol. The zero-order chi connectivity index (χ0) is 15.5. The highest BCUT2D eigenvalue weighted by atomic mass is 32.2. The summed E-state index contributed by atoms with van der Waals surface area (Å²) in [4.78, 5) is 26.0. The number of ether oxygens (including phenoxy) is 1. The minimum atomic E-state index is -0.366. The van der Waals surface area contributed by atoms with Crippen molar-refractivity contribution in [2.75, 3.05) is 18.2 Å². The van der Waals surface area contributed by atoms with Gasteiger partial charge >= 0.3 is 5.97 Å². The molecule has 122 valence electrons. The van der Waals surface area contributed by atoms with E-state index in [1.165, 1.54) is 19.3 Å². The van der Waals surface area contributed by atoms with Gasteiger partial charge in [-0.15, -0.1) is 11.8 Å². The molecule has 4 nitrogen and oxygen atoms in total. The van der Waals surface area contributed by atoms with Gasteiger partial charge in [-0.3, -0.25) is 4.79 Å². The predicted octanol–water partition coefficient (Wildman–Crippen LogP) is 3.59. The second-order valence-corrected chi connectivity index (χ2v) is 6.56. The van der Waals surface area contributed by atoms with E-state index in [0.29, 0.717) is 24.7 Å². The molecule has 1 rings (SSSR count). The van der Waals surface area contributed by atoms with Gasteiger partial charge < -0.3 is 9.64 Å². The molecule has 0 aromatic carbocycles. The first-order chi connectivity index (χ1) is 10.2. The zero-order valence-electron chi connectivity index (χ0n) is 13.4. The van der Waals surface area contributed by atoms with Crippen LogP contribution in [-0.2, 0) is 14.3 Å². The molecule has 0 N–H and O–H groups in total. The Labute approximate surface area is 133 Å². The first-order valence-electron chi connectivity index (χ1n) is 8.24. The molecule has 1 atom stereocenters. The van der Waals surface area contributed by atoms with E-state index in [0.717, 1.165) is 25.7 Å². The number of thioether (sulfide) groups is 1. The quantitative estimate of drug-likeness (QED) is 0.456. The second-order valence-electron chi connectivity index (χ2n) is 5.56. The Morgan fingerprint density at radius 1 is 1.10 bits per heavy atom. The highest BCUT2D eigenvalue weighted by molar-refractivity contribution is 7.99. The summed E-state index contributed by atoms with van der Waals surface area (Å²) in [5, 5.41) is 0. The van der Waals surface area contributed by atoms with Crippen LogP contribution in [0.1, 0.15) is 65.2 Å². The van der Waals surface area contributed by atoms with Crippen LogP contribution in [0.15, 0.2) is 0 Å². The summed E-state index contributed by atoms with van der Waals surface area (Å²) in [6, 6.07) is -0.366. The van der Waals surface area contributed by atoms with Crippen LogP contribution in [0.25, 0.3) is 0 Å². The van der Waals surface area contributed by atoms with Gasteiger partial charge in [-0.25, -0.2) is 4.79 Å². The van der Waals surface area contributed by atoms with Crippen molar-refractivity contribution in [3.05, 3.63) is 0 Å². The van der Waals surface area contributed by atoms with Gasteiger partial charge in [0.15, 0.2) is 0 Å². The fourth-order valence-electron chi connectivity index (χ4n) is 2.32. The number of unbranched alkanes of at least 4 members (excludes halogenated alkanes) is 5. The SMILES string of the molecule is CCCCCCCC(=O)N1CSCC1C(=O)OCCCC. The number of nitrogens with zero attached hydrogens (tertiary/aromatic N) is 1. The Hall–Kier alpha value is -0.710. The minimum Gasteiger partial charge on any atom is -0.464 e. The molecular formula is C16H29NO3S. The normalized spacial score (nSPS) is 18.0. The molecule has 1 unspecified atom stereocenters. The van der Waals surface area contributed by atoms with Crippen molar-refractivity contribution >= 4 is 23.6 Å². The van der Waals surface area contributed by atoms with Crippen molar-refractivity contribution < 1.29 is 14.3 Å². The van der Waals surface area contributed by atoms with E-state index in [-0.39, 0.29) is 17.9 Å². The first-order valence-corrected chi connectivity index (χ1v) is 9.40. The molecule has 1 saturated heterocycles. The van der Waals surface area contributed by atoms with Crippen LogP contribution in [0.2, 0.25) is 0 Å². The van der Waals surface area contributed by atoms with Gasteiger partial charge in [0.05, 0.1) is 12.5 Å². The molecule has 0 aromatic heterocycles. The van der Waals surface area contributed by atoms with Crippen LogP contribution < -0.4 is 0 Å². The molecule has 1 heterocycles. The largest absolute Gasteiger partial charge is 0.464 e. The minimum absolute atomic E-state index is 0.105. The smallest absolute Gasteiger partial charge is 0.329 e. The fourth-order valence-corrected chi connectivity index (χ4v) is 3.49. The first kappa shape index (κ1) is 18.3. The van der Waals surface area contributed by atoms with Gasteiger partial charge in [-0.2, -0.15) is 0 Å². The lowest BCUT2D eigenvalue weighted by atomic mass is 10.1. The molecule has 0 radical (unpaired) electrons. The third-order valence-electron chi connectivity index (χ3n) is 3.71. The molecule has 0 aliphatic carbocycles. The van der Waals surface area contributed by atoms with E-state index in [9.17, 15) is 9.59 Å². The number of carbonyl (C=O) groups excluding carboxylic acids is 2. The summed E-state index contributed by atoms with van der Waals surface area (Å²) in [6.07, 6.45) is 8.13. The Morgan fingerprint density at radius 2 is 1.81 bits per heavy atom. The van der Waals surface area contributed by atoms with Crippen LogP contribution in [0.5, 0.6) is 0 Å². The van der Waals surface area contributed by atoms with E-state index >= 15 is 0 Å². The molecule has 0 bridgehead atoms. The van der Waals surface area contributed by atoms with E-state index in [1.807, 2.05) is 0 Å². The van der Waals surface area contributed by atoms with E-state index < -0.39 is 0 Å². The molecule has 1 fully saturated rings. The van der Waals surface area contributed by atoms with Crippen LogP contribution in [0.3, 0.4) is 0 Å². The summed E-state index contributed by atoms with van der Waals surface area (Å²) in [6.45, 7) is 4.71. The molecule has 0 saturated carbocycles. The van der Waals surface area contributed by atoms with Crippen LogP contribution >= 0.6 is 11.8 Å². The van der Waals surface area contributed by atoms with Gasteiger partial charge in [0.2, 0.25) is 5.91 Å². The molecule has 1 amide bonds. The van der Waals surface area contributed by atoms with E-state index in [1.54, 1.807) is 16.7 Å². The highest BCUT2D eigenvalue weighted by Gasteiger charge is 2.35. The van der Waals surface area contributed by atoms with Crippen molar-refractivity contribution in [1.82, 2.24) is 4.90 Å². The molecule has 5 heteroatoms. The van der Waals surface area contributed by atoms with Gasteiger partial charge in [-0.05, 0) is 12.8 Å². The summed E-state index contributed by atoms with van der Waals surface area (Å²) in [5.74, 6) is 1.18. The van der Waals surface area contributed by atoms with Crippen molar-refractivity contribution in [2.24, 2.45) is 0 Å². The lowest BCUT2D eigenvalue weighted by molar-refractivity contribution is -0.153. The van der Waals surface area contributed by atoms with E-state index in [4.69, 9.17) is 4.74 Å². The summed E-state index contributed by atoms with van der Waals surface area (Å²) in [7, 11) is 0. The third-order valence-corrected chi connectivity index (χ3v) is 4.72. The Morgan fingerprint density at radius 3 is 2.52 bits per heavy atom. The summed E-state index contributed by atoms with van der Waals surface area (Å²) in [5.41, 5.74) is 0. The maximum Gasteiger partial charge on any atom is 0.329 e. The van der Waals surface area contributed by atoms with Crippen molar-refractivity contribution in [1.29, 1.82) is 0 Å². The zero-order valence-corrected chi connectivity index (χ0v) is 14.3. The standard InChI is InChI=1S/C16H29NO3S/c1-3-5-7-8-9-10-15(18)17-13-21-12-14(17)16(19)20-11-6-4-2/h14H,3-13H2,1-2H3. The van der Waals surface area contributed by atoms with Crippen LogP contribution in [-0.4, -0.2) is 41.1 Å². The molecule has 1 aliphatic rings. The van der Waals surface area contributed by atoms with Crippen molar-refractivity contribution in [2.45, 2.75) is 71.3 Å². The van der Waals surface area contributed by atoms with Gasteiger partial charge in [0.25, 0.3) is 0 Å².